The third kappa shape index (κ3) is 8.14. The van der Waals surface area contributed by atoms with Crippen molar-refractivity contribution in [2.75, 3.05) is 37.7 Å². The molecule has 43 heavy (non-hydrogen) atoms. The first-order valence-corrected chi connectivity index (χ1v) is 15.3. The summed E-state index contributed by atoms with van der Waals surface area (Å²) in [5.41, 5.74) is 0.743. The van der Waals surface area contributed by atoms with Gasteiger partial charge in [-0.1, -0.05) is 24.8 Å². The van der Waals surface area contributed by atoms with Gasteiger partial charge in [0.2, 0.25) is 0 Å². The summed E-state index contributed by atoms with van der Waals surface area (Å²) >= 11 is 1.32. The number of thiazole rings is 1. The number of carbonyl (C=O) groups excluding carboxylic acids is 2. The summed E-state index contributed by atoms with van der Waals surface area (Å²) in [6.07, 6.45) is 3.42. The lowest BCUT2D eigenvalue weighted by Crippen LogP contribution is -2.43. The molecule has 11 heteroatoms. The molecule has 2 aliphatic rings. The number of carbonyl (C=O) groups is 2. The highest BCUT2D eigenvalue weighted by atomic mass is 32.1. The van der Waals surface area contributed by atoms with Gasteiger partial charge in [-0.3, -0.25) is 4.79 Å². The fourth-order valence-corrected chi connectivity index (χ4v) is 6.19. The van der Waals surface area contributed by atoms with Crippen molar-refractivity contribution < 1.29 is 32.6 Å². The average molecular weight is 618 g/mol. The number of aromatic nitrogens is 1. The van der Waals surface area contributed by atoms with E-state index in [9.17, 15) is 27.9 Å². The predicted molar refractivity (Wildman–Crippen MR) is 161 cm³/mol. The number of hydrogen-bond acceptors (Lipinski definition) is 7. The number of likely N-dealkylation sites (tertiary alicyclic amines) is 1. The number of allylic oxidation sites excluding steroid dienone is 5. The molecule has 7 nitrogen and oxygen atoms in total. The van der Waals surface area contributed by atoms with Gasteiger partial charge in [-0.25, -0.2) is 4.98 Å². The molecule has 232 valence electrons. The predicted octanol–water partition coefficient (Wildman–Crippen LogP) is 6.17. The molecule has 3 heterocycles. The third-order valence-corrected chi connectivity index (χ3v) is 9.07. The zero-order valence-electron chi connectivity index (χ0n) is 24.4. The van der Waals surface area contributed by atoms with E-state index in [0.717, 1.165) is 50.3 Å². The molecule has 2 aromatic rings. The van der Waals surface area contributed by atoms with Crippen LogP contribution >= 0.6 is 11.3 Å². The number of anilines is 1. The standard InChI is InChI=1S/C32H38F3N3O4S/c1-3-4-8-27(32(33,34)35)28(18-26-20-43-30(36-26)38-15-11-31(21-39,22-40)12-16-38)42-19-25-10-9-24(17-23(25)2)29(41)37-13-6-5-7-14-37/h3-4,8-10,17,20-21,40H,1,5-7,11-16,18-19,22H2,2H3/b8-4-,28-27-. The Morgan fingerprint density at radius 2 is 1.91 bits per heavy atom. The Hall–Kier alpha value is -3.44. The lowest BCUT2D eigenvalue weighted by molar-refractivity contribution is -0.119. The minimum Gasteiger partial charge on any atom is -0.492 e. The summed E-state index contributed by atoms with van der Waals surface area (Å²) < 4.78 is 48.5. The second kappa shape index (κ2) is 14.4. The minimum absolute atomic E-state index is 0.0361. The van der Waals surface area contributed by atoms with E-state index >= 15 is 0 Å². The Morgan fingerprint density at radius 3 is 2.51 bits per heavy atom. The van der Waals surface area contributed by atoms with Crippen LogP contribution in [-0.4, -0.2) is 66.1 Å². The first kappa shape index (κ1) is 32.5. The molecule has 0 bridgehead atoms. The smallest absolute Gasteiger partial charge is 0.419 e. The Morgan fingerprint density at radius 1 is 1.19 bits per heavy atom. The van der Waals surface area contributed by atoms with E-state index in [4.69, 9.17) is 4.74 Å². The molecule has 1 aromatic heterocycles. The van der Waals surface area contributed by atoms with Crippen LogP contribution in [0.1, 0.15) is 59.3 Å². The van der Waals surface area contributed by atoms with Crippen molar-refractivity contribution in [2.45, 2.75) is 58.2 Å². The van der Waals surface area contributed by atoms with E-state index in [2.05, 4.69) is 11.6 Å². The molecule has 2 saturated heterocycles. The second-order valence-electron chi connectivity index (χ2n) is 11.1. The van der Waals surface area contributed by atoms with Crippen molar-refractivity contribution in [3.8, 4) is 0 Å². The summed E-state index contributed by atoms with van der Waals surface area (Å²) in [6, 6.07) is 5.21. The lowest BCUT2D eigenvalue weighted by atomic mass is 9.81. The zero-order valence-corrected chi connectivity index (χ0v) is 25.2. The summed E-state index contributed by atoms with van der Waals surface area (Å²) in [5, 5.41) is 12.0. The number of aldehydes is 1. The molecule has 1 amide bonds. The van der Waals surface area contributed by atoms with Crippen LogP contribution in [0.25, 0.3) is 0 Å². The number of nitrogens with zero attached hydrogens (tertiary/aromatic N) is 3. The Bertz CT molecular complexity index is 1350. The van der Waals surface area contributed by atoms with Crippen molar-refractivity contribution in [3.05, 3.63) is 82.1 Å². The van der Waals surface area contributed by atoms with Crippen LogP contribution in [0.15, 0.2) is 59.7 Å². The lowest BCUT2D eigenvalue weighted by Gasteiger charge is -2.36. The van der Waals surface area contributed by atoms with Crippen molar-refractivity contribution in [1.82, 2.24) is 9.88 Å². The van der Waals surface area contributed by atoms with Crippen molar-refractivity contribution >= 4 is 28.7 Å². The van der Waals surface area contributed by atoms with Gasteiger partial charge in [-0.15, -0.1) is 11.3 Å². The number of alkyl halides is 3. The first-order chi connectivity index (χ1) is 20.6. The molecule has 1 N–H and O–H groups in total. The summed E-state index contributed by atoms with van der Waals surface area (Å²) in [7, 11) is 0. The van der Waals surface area contributed by atoms with Gasteiger partial charge in [0.05, 0.1) is 23.3 Å². The largest absolute Gasteiger partial charge is 0.492 e. The molecular formula is C32H38F3N3O4S. The van der Waals surface area contributed by atoms with Crippen LogP contribution in [0.5, 0.6) is 0 Å². The molecule has 0 radical (unpaired) electrons. The zero-order chi connectivity index (χ0) is 31.0. The van der Waals surface area contributed by atoms with E-state index in [0.29, 0.717) is 47.9 Å². The molecule has 2 fully saturated rings. The van der Waals surface area contributed by atoms with E-state index in [1.54, 1.807) is 23.6 Å². The molecule has 0 aliphatic carbocycles. The fourth-order valence-electron chi connectivity index (χ4n) is 5.31. The maximum atomic E-state index is 14.2. The second-order valence-corrected chi connectivity index (χ2v) is 12.0. The normalized spacial score (nSPS) is 18.0. The number of amides is 1. The van der Waals surface area contributed by atoms with Gasteiger partial charge in [0.1, 0.15) is 18.7 Å². The van der Waals surface area contributed by atoms with Gasteiger partial charge >= 0.3 is 6.18 Å². The Labute approximate surface area is 254 Å². The molecule has 2 aliphatic heterocycles. The van der Waals surface area contributed by atoms with Crippen LogP contribution < -0.4 is 4.90 Å². The molecule has 0 atom stereocenters. The molecule has 4 rings (SSSR count). The number of aryl methyl sites for hydroxylation is 1. The average Bonchev–Trinajstić information content (AvgIpc) is 3.48. The van der Waals surface area contributed by atoms with Crippen molar-refractivity contribution in [2.24, 2.45) is 5.41 Å². The first-order valence-electron chi connectivity index (χ1n) is 14.5. The fraction of sp³-hybridized carbons (Fsp3) is 0.469. The monoisotopic (exact) mass is 617 g/mol. The number of aliphatic hydroxyl groups is 1. The van der Waals surface area contributed by atoms with E-state index in [1.165, 1.54) is 23.5 Å². The molecule has 0 saturated carbocycles. The van der Waals surface area contributed by atoms with Crippen LogP contribution in [0.3, 0.4) is 0 Å². The van der Waals surface area contributed by atoms with E-state index in [1.807, 2.05) is 16.7 Å². The van der Waals surface area contributed by atoms with Crippen LogP contribution in [0, 0.1) is 12.3 Å². The number of halogens is 3. The van der Waals surface area contributed by atoms with Gasteiger partial charge in [-0.2, -0.15) is 13.2 Å². The molecule has 1 aromatic carbocycles. The van der Waals surface area contributed by atoms with Crippen molar-refractivity contribution in [3.63, 3.8) is 0 Å². The number of benzene rings is 1. The highest BCUT2D eigenvalue weighted by Gasteiger charge is 2.37. The van der Waals surface area contributed by atoms with E-state index < -0.39 is 17.2 Å². The number of ether oxygens (including phenoxy) is 1. The number of hydrogen-bond donors (Lipinski definition) is 1. The maximum absolute atomic E-state index is 14.2. The summed E-state index contributed by atoms with van der Waals surface area (Å²) in [6.45, 7) is 7.47. The third-order valence-electron chi connectivity index (χ3n) is 8.12. The van der Waals surface area contributed by atoms with Crippen LogP contribution in [0.2, 0.25) is 0 Å². The van der Waals surface area contributed by atoms with Gasteiger partial charge in [0.15, 0.2) is 5.13 Å². The van der Waals surface area contributed by atoms with Crippen LogP contribution in [0.4, 0.5) is 18.3 Å². The van der Waals surface area contributed by atoms with Gasteiger partial charge in [0, 0.05) is 43.5 Å². The highest BCUT2D eigenvalue weighted by molar-refractivity contribution is 7.13. The SMILES string of the molecule is C=C/C=C\C(=C(/Cc1csc(N2CCC(C=O)(CO)CC2)n1)OCc1ccc(C(=O)N2CCCCC2)cc1C)C(F)(F)F. The summed E-state index contributed by atoms with van der Waals surface area (Å²) in [4.78, 5) is 32.8. The number of aliphatic hydroxyl groups excluding tert-OH is 1. The Kier molecular flexibility index (Phi) is 10.8. The Balaban J connectivity index is 1.53. The molecular weight excluding hydrogens is 579 g/mol. The minimum atomic E-state index is -4.68. The maximum Gasteiger partial charge on any atom is 0.419 e. The van der Waals surface area contributed by atoms with E-state index in [-0.39, 0.29) is 31.3 Å². The number of piperidine rings is 2. The topological polar surface area (TPSA) is 83.0 Å². The van der Waals surface area contributed by atoms with Crippen molar-refractivity contribution in [1.29, 1.82) is 0 Å². The quantitative estimate of drug-likeness (QED) is 0.184. The molecule has 0 unspecified atom stereocenters. The van der Waals surface area contributed by atoms with Gasteiger partial charge in [0.25, 0.3) is 5.91 Å². The van der Waals surface area contributed by atoms with Gasteiger partial charge < -0.3 is 24.4 Å². The highest BCUT2D eigenvalue weighted by Crippen LogP contribution is 2.35. The van der Waals surface area contributed by atoms with Gasteiger partial charge in [-0.05, 0) is 68.4 Å². The van der Waals surface area contributed by atoms with Crippen LogP contribution in [-0.2, 0) is 22.6 Å². The summed E-state index contributed by atoms with van der Waals surface area (Å²) in [5.74, 6) is -0.305. The molecule has 0 spiro atoms. The number of rotatable bonds is 11.